The first kappa shape index (κ1) is 14.8. The van der Waals surface area contributed by atoms with Crippen molar-refractivity contribution in [1.82, 2.24) is 4.98 Å². The highest BCUT2D eigenvalue weighted by molar-refractivity contribution is 5.59. The maximum atomic E-state index is 13.3. The molecule has 2 aromatic rings. The quantitative estimate of drug-likeness (QED) is 0.807. The molecule has 2 heterocycles. The SMILES string of the molecule is C=CC1COC(c2ccc(-c3ccc(F)c(F)c3)nc2)OC1. The zero-order valence-corrected chi connectivity index (χ0v) is 11.8. The van der Waals surface area contributed by atoms with Gasteiger partial charge in [0.2, 0.25) is 0 Å². The van der Waals surface area contributed by atoms with Crippen molar-refractivity contribution in [2.45, 2.75) is 6.29 Å². The summed E-state index contributed by atoms with van der Waals surface area (Å²) in [4.78, 5) is 4.26. The summed E-state index contributed by atoms with van der Waals surface area (Å²) in [6.45, 7) is 4.82. The topological polar surface area (TPSA) is 31.4 Å². The molecule has 3 rings (SSSR count). The predicted molar refractivity (Wildman–Crippen MR) is 77.9 cm³/mol. The van der Waals surface area contributed by atoms with Gasteiger partial charge in [-0.1, -0.05) is 12.1 Å². The number of rotatable bonds is 3. The summed E-state index contributed by atoms with van der Waals surface area (Å²) in [5.41, 5.74) is 1.86. The van der Waals surface area contributed by atoms with Gasteiger partial charge in [-0.15, -0.1) is 6.58 Å². The fraction of sp³-hybridized carbons (Fsp3) is 0.235. The van der Waals surface area contributed by atoms with Crippen LogP contribution in [0.4, 0.5) is 8.78 Å². The van der Waals surface area contributed by atoms with Crippen LogP contribution in [0.5, 0.6) is 0 Å². The molecule has 1 fully saturated rings. The van der Waals surface area contributed by atoms with E-state index in [1.165, 1.54) is 6.07 Å². The van der Waals surface area contributed by atoms with E-state index in [4.69, 9.17) is 9.47 Å². The number of halogens is 2. The number of hydrogen-bond acceptors (Lipinski definition) is 3. The van der Waals surface area contributed by atoms with Gasteiger partial charge in [-0.3, -0.25) is 4.98 Å². The molecule has 22 heavy (non-hydrogen) atoms. The van der Waals surface area contributed by atoms with Crippen molar-refractivity contribution < 1.29 is 18.3 Å². The van der Waals surface area contributed by atoms with E-state index in [2.05, 4.69) is 11.6 Å². The zero-order valence-electron chi connectivity index (χ0n) is 11.8. The predicted octanol–water partition coefficient (Wildman–Crippen LogP) is 3.87. The summed E-state index contributed by atoms with van der Waals surface area (Å²) >= 11 is 0. The minimum absolute atomic E-state index is 0.200. The summed E-state index contributed by atoms with van der Waals surface area (Å²) < 4.78 is 37.4. The average Bonchev–Trinajstić information content (AvgIpc) is 2.58. The Morgan fingerprint density at radius 1 is 1.09 bits per heavy atom. The van der Waals surface area contributed by atoms with Crippen LogP contribution in [0.3, 0.4) is 0 Å². The molecule has 0 unspecified atom stereocenters. The van der Waals surface area contributed by atoms with Gasteiger partial charge >= 0.3 is 0 Å². The second-order valence-electron chi connectivity index (χ2n) is 5.10. The Morgan fingerprint density at radius 2 is 1.86 bits per heavy atom. The molecular formula is C17H15F2NO2. The minimum Gasteiger partial charge on any atom is -0.348 e. The monoisotopic (exact) mass is 303 g/mol. The van der Waals surface area contributed by atoms with Crippen LogP contribution >= 0.6 is 0 Å². The fourth-order valence-corrected chi connectivity index (χ4v) is 2.22. The van der Waals surface area contributed by atoms with Gasteiger partial charge in [0.15, 0.2) is 17.9 Å². The maximum absolute atomic E-state index is 13.3. The Morgan fingerprint density at radius 3 is 2.45 bits per heavy atom. The summed E-state index contributed by atoms with van der Waals surface area (Å²) in [6, 6.07) is 7.24. The molecule has 0 spiro atoms. The van der Waals surface area contributed by atoms with Gasteiger partial charge in [0, 0.05) is 23.2 Å². The second kappa shape index (κ2) is 6.34. The molecule has 0 aliphatic carbocycles. The molecule has 0 radical (unpaired) electrons. The van der Waals surface area contributed by atoms with Gasteiger partial charge in [-0.2, -0.15) is 0 Å². The molecule has 0 N–H and O–H groups in total. The van der Waals surface area contributed by atoms with Gasteiger partial charge < -0.3 is 9.47 Å². The highest BCUT2D eigenvalue weighted by atomic mass is 19.2. The highest BCUT2D eigenvalue weighted by Crippen LogP contribution is 2.27. The van der Waals surface area contributed by atoms with Gasteiger partial charge in [0.05, 0.1) is 18.9 Å². The van der Waals surface area contributed by atoms with E-state index >= 15 is 0 Å². The molecule has 3 nitrogen and oxygen atoms in total. The van der Waals surface area contributed by atoms with Crippen LogP contribution in [0.25, 0.3) is 11.3 Å². The summed E-state index contributed by atoms with van der Waals surface area (Å²) in [5.74, 6) is -1.57. The molecule has 1 aliphatic rings. The molecule has 1 saturated heterocycles. The molecule has 0 atom stereocenters. The van der Waals surface area contributed by atoms with Gasteiger partial charge in [0.1, 0.15) is 0 Å². The van der Waals surface area contributed by atoms with E-state index in [-0.39, 0.29) is 5.92 Å². The first-order valence-electron chi connectivity index (χ1n) is 6.94. The smallest absolute Gasteiger partial charge is 0.185 e. The van der Waals surface area contributed by atoms with Crippen molar-refractivity contribution in [3.63, 3.8) is 0 Å². The van der Waals surface area contributed by atoms with Crippen LogP contribution < -0.4 is 0 Å². The lowest BCUT2D eigenvalue weighted by Crippen LogP contribution is -2.25. The molecule has 0 bridgehead atoms. The van der Waals surface area contributed by atoms with Crippen molar-refractivity contribution in [3.05, 3.63) is 66.4 Å². The summed E-state index contributed by atoms with van der Waals surface area (Å²) in [7, 11) is 0. The third-order valence-electron chi connectivity index (χ3n) is 3.53. The van der Waals surface area contributed by atoms with E-state index in [9.17, 15) is 8.78 Å². The van der Waals surface area contributed by atoms with Crippen molar-refractivity contribution in [1.29, 1.82) is 0 Å². The summed E-state index contributed by atoms with van der Waals surface area (Å²) in [5, 5.41) is 0. The van der Waals surface area contributed by atoms with Crippen LogP contribution in [-0.2, 0) is 9.47 Å². The zero-order chi connectivity index (χ0) is 15.5. The molecule has 0 amide bonds. The molecule has 1 aromatic carbocycles. The summed E-state index contributed by atoms with van der Waals surface area (Å²) in [6.07, 6.45) is 2.97. The number of benzene rings is 1. The molecule has 1 aromatic heterocycles. The lowest BCUT2D eigenvalue weighted by Gasteiger charge is -2.27. The first-order valence-corrected chi connectivity index (χ1v) is 6.94. The van der Waals surface area contributed by atoms with Crippen molar-refractivity contribution in [3.8, 4) is 11.3 Å². The van der Waals surface area contributed by atoms with Crippen LogP contribution in [-0.4, -0.2) is 18.2 Å². The first-order chi connectivity index (χ1) is 10.7. The van der Waals surface area contributed by atoms with Crippen molar-refractivity contribution in [2.24, 2.45) is 5.92 Å². The number of ether oxygens (including phenoxy) is 2. The normalized spacial score (nSPS) is 21.5. The van der Waals surface area contributed by atoms with Crippen LogP contribution in [0.15, 0.2) is 49.2 Å². The lowest BCUT2D eigenvalue weighted by molar-refractivity contribution is -0.197. The number of pyridine rings is 1. The van der Waals surface area contributed by atoms with E-state index in [0.29, 0.717) is 24.5 Å². The molecule has 5 heteroatoms. The second-order valence-corrected chi connectivity index (χ2v) is 5.10. The van der Waals surface area contributed by atoms with Gasteiger partial charge in [0.25, 0.3) is 0 Å². The Hall–Kier alpha value is -2.11. The van der Waals surface area contributed by atoms with Crippen LogP contribution in [0, 0.1) is 17.6 Å². The van der Waals surface area contributed by atoms with E-state index < -0.39 is 17.9 Å². The Kier molecular flexibility index (Phi) is 4.27. The Balaban J connectivity index is 1.75. The maximum Gasteiger partial charge on any atom is 0.185 e. The molecule has 114 valence electrons. The standard InChI is InChI=1S/C17H15F2NO2/c1-2-11-9-21-17(22-10-11)13-4-6-16(20-8-13)12-3-5-14(18)15(19)7-12/h2-8,11,17H,1,9-10H2. The van der Waals surface area contributed by atoms with Gasteiger partial charge in [-0.05, 0) is 24.3 Å². The third kappa shape index (κ3) is 3.05. The van der Waals surface area contributed by atoms with Crippen LogP contribution in [0.2, 0.25) is 0 Å². The lowest BCUT2D eigenvalue weighted by atomic mass is 10.1. The Bertz CT molecular complexity index is 665. The van der Waals surface area contributed by atoms with E-state index in [1.54, 1.807) is 18.3 Å². The fourth-order valence-electron chi connectivity index (χ4n) is 2.22. The third-order valence-corrected chi connectivity index (χ3v) is 3.53. The van der Waals surface area contributed by atoms with Gasteiger partial charge in [-0.25, -0.2) is 8.78 Å². The largest absolute Gasteiger partial charge is 0.348 e. The minimum atomic E-state index is -0.891. The number of nitrogens with zero attached hydrogens (tertiary/aromatic N) is 1. The molecular weight excluding hydrogens is 288 g/mol. The average molecular weight is 303 g/mol. The van der Waals surface area contributed by atoms with Crippen molar-refractivity contribution >= 4 is 0 Å². The molecule has 0 saturated carbocycles. The molecule has 1 aliphatic heterocycles. The highest BCUT2D eigenvalue weighted by Gasteiger charge is 2.22. The Labute approximate surface area is 127 Å². The number of aromatic nitrogens is 1. The van der Waals surface area contributed by atoms with Crippen molar-refractivity contribution in [2.75, 3.05) is 13.2 Å². The van der Waals surface area contributed by atoms with E-state index in [0.717, 1.165) is 17.7 Å². The number of hydrogen-bond donors (Lipinski definition) is 0. The van der Waals surface area contributed by atoms with Crippen LogP contribution in [0.1, 0.15) is 11.9 Å². The van der Waals surface area contributed by atoms with E-state index in [1.807, 2.05) is 6.07 Å².